The van der Waals surface area contributed by atoms with E-state index in [9.17, 15) is 5.11 Å². The summed E-state index contributed by atoms with van der Waals surface area (Å²) in [4.78, 5) is 8.89. The number of aliphatic hydroxyl groups is 1. The molecule has 20 heavy (non-hydrogen) atoms. The van der Waals surface area contributed by atoms with Crippen molar-refractivity contribution < 1.29 is 9.84 Å². The lowest BCUT2D eigenvalue weighted by Gasteiger charge is -2.32. The maximum absolute atomic E-state index is 10.4. The Balaban J connectivity index is 2.02. The van der Waals surface area contributed by atoms with Gasteiger partial charge in [0.1, 0.15) is 17.5 Å². The van der Waals surface area contributed by atoms with E-state index in [1.807, 2.05) is 13.1 Å². The summed E-state index contributed by atoms with van der Waals surface area (Å²) in [6, 6.07) is 1.86. The minimum Gasteiger partial charge on any atom is -0.388 e. The molecule has 0 unspecified atom stereocenters. The average molecular weight is 280 g/mol. The number of hydrogen-bond donors (Lipinski definition) is 3. The van der Waals surface area contributed by atoms with E-state index >= 15 is 0 Å². The zero-order chi connectivity index (χ0) is 14.4. The zero-order valence-electron chi connectivity index (χ0n) is 12.3. The smallest absolute Gasteiger partial charge is 0.133 e. The first-order valence-corrected chi connectivity index (χ1v) is 7.25. The van der Waals surface area contributed by atoms with Gasteiger partial charge >= 0.3 is 0 Å². The summed E-state index contributed by atoms with van der Waals surface area (Å²) in [5.74, 6) is 2.37. The van der Waals surface area contributed by atoms with E-state index in [0.717, 1.165) is 30.3 Å². The van der Waals surface area contributed by atoms with Crippen LogP contribution in [0.4, 0.5) is 11.6 Å². The number of rotatable bonds is 6. The van der Waals surface area contributed by atoms with Gasteiger partial charge in [-0.05, 0) is 6.42 Å². The Morgan fingerprint density at radius 2 is 2.00 bits per heavy atom. The third-order valence-electron chi connectivity index (χ3n) is 3.52. The van der Waals surface area contributed by atoms with Crippen LogP contribution in [0.2, 0.25) is 0 Å². The molecule has 112 valence electrons. The van der Waals surface area contributed by atoms with Crippen LogP contribution in [0.1, 0.15) is 32.0 Å². The van der Waals surface area contributed by atoms with Crippen LogP contribution < -0.4 is 10.6 Å². The highest BCUT2D eigenvalue weighted by atomic mass is 16.5. The van der Waals surface area contributed by atoms with Crippen LogP contribution in [0.25, 0.3) is 0 Å². The predicted octanol–water partition coefficient (Wildman–Crippen LogP) is 1.42. The molecule has 1 aromatic heterocycles. The molecule has 3 N–H and O–H groups in total. The van der Waals surface area contributed by atoms with Crippen LogP contribution in [0.15, 0.2) is 6.07 Å². The quantitative estimate of drug-likeness (QED) is 0.731. The molecule has 0 atom stereocenters. The first-order chi connectivity index (χ1) is 9.65. The van der Waals surface area contributed by atoms with E-state index in [1.165, 1.54) is 0 Å². The maximum atomic E-state index is 10.4. The number of aromatic nitrogens is 2. The van der Waals surface area contributed by atoms with Gasteiger partial charge in [0.25, 0.3) is 0 Å². The fourth-order valence-electron chi connectivity index (χ4n) is 2.23. The van der Waals surface area contributed by atoms with E-state index in [-0.39, 0.29) is 0 Å². The minimum atomic E-state index is -0.700. The molecule has 1 fully saturated rings. The van der Waals surface area contributed by atoms with E-state index in [4.69, 9.17) is 4.74 Å². The van der Waals surface area contributed by atoms with Crippen molar-refractivity contribution in [1.82, 2.24) is 9.97 Å². The van der Waals surface area contributed by atoms with E-state index in [0.29, 0.717) is 32.6 Å². The van der Waals surface area contributed by atoms with Crippen LogP contribution in [0.3, 0.4) is 0 Å². The minimum absolute atomic E-state index is 0.488. The molecule has 0 aromatic carbocycles. The molecule has 1 aliphatic rings. The number of ether oxygens (including phenoxy) is 1. The van der Waals surface area contributed by atoms with Gasteiger partial charge in [0.15, 0.2) is 0 Å². The van der Waals surface area contributed by atoms with Gasteiger partial charge in [-0.25, -0.2) is 9.97 Å². The highest BCUT2D eigenvalue weighted by Crippen LogP contribution is 2.21. The third kappa shape index (κ3) is 4.05. The van der Waals surface area contributed by atoms with E-state index in [1.54, 1.807) is 0 Å². The van der Waals surface area contributed by atoms with Gasteiger partial charge in [0, 0.05) is 52.1 Å². The van der Waals surface area contributed by atoms with Gasteiger partial charge < -0.3 is 20.5 Å². The maximum Gasteiger partial charge on any atom is 0.133 e. The molecule has 2 rings (SSSR count). The molecule has 1 aromatic rings. The third-order valence-corrected chi connectivity index (χ3v) is 3.52. The number of hydrogen-bond acceptors (Lipinski definition) is 6. The number of nitrogens with one attached hydrogen (secondary N) is 2. The van der Waals surface area contributed by atoms with Crippen LogP contribution in [-0.4, -0.2) is 47.5 Å². The van der Waals surface area contributed by atoms with Crippen molar-refractivity contribution in [2.75, 3.05) is 37.4 Å². The molecule has 6 heteroatoms. The molecule has 2 heterocycles. The number of nitrogens with zero attached hydrogens (tertiary/aromatic N) is 2. The normalized spacial score (nSPS) is 17.8. The Labute approximate surface area is 120 Å². The molecule has 1 saturated heterocycles. The highest BCUT2D eigenvalue weighted by molar-refractivity contribution is 5.47. The van der Waals surface area contributed by atoms with Crippen molar-refractivity contribution in [2.45, 2.75) is 38.2 Å². The predicted molar refractivity (Wildman–Crippen MR) is 79.1 cm³/mol. The Hall–Kier alpha value is -1.40. The van der Waals surface area contributed by atoms with Gasteiger partial charge in [-0.1, -0.05) is 6.92 Å². The first kappa shape index (κ1) is 15.0. The van der Waals surface area contributed by atoms with Crippen molar-refractivity contribution in [1.29, 1.82) is 0 Å². The summed E-state index contributed by atoms with van der Waals surface area (Å²) in [6.45, 7) is 3.82. The Morgan fingerprint density at radius 3 is 2.65 bits per heavy atom. The molecule has 0 saturated carbocycles. The molecule has 0 radical (unpaired) electrons. The van der Waals surface area contributed by atoms with Crippen molar-refractivity contribution in [2.24, 2.45) is 0 Å². The molecule has 6 nitrogen and oxygen atoms in total. The van der Waals surface area contributed by atoms with Crippen LogP contribution in [0.5, 0.6) is 0 Å². The fourth-order valence-corrected chi connectivity index (χ4v) is 2.23. The zero-order valence-corrected chi connectivity index (χ0v) is 12.3. The highest BCUT2D eigenvalue weighted by Gasteiger charge is 2.29. The second-order valence-corrected chi connectivity index (χ2v) is 5.24. The van der Waals surface area contributed by atoms with Crippen LogP contribution >= 0.6 is 0 Å². The SMILES string of the molecule is CCCc1nc(NC)cc(NCC2(O)CCOCC2)n1. The van der Waals surface area contributed by atoms with Crippen molar-refractivity contribution >= 4 is 11.6 Å². The summed E-state index contributed by atoms with van der Waals surface area (Å²) in [7, 11) is 1.84. The lowest BCUT2D eigenvalue weighted by atomic mass is 9.94. The second kappa shape index (κ2) is 6.85. The summed E-state index contributed by atoms with van der Waals surface area (Å²) < 4.78 is 5.28. The summed E-state index contributed by atoms with van der Waals surface area (Å²) in [5.41, 5.74) is -0.700. The summed E-state index contributed by atoms with van der Waals surface area (Å²) in [6.07, 6.45) is 3.17. The summed E-state index contributed by atoms with van der Waals surface area (Å²) in [5, 5.41) is 16.7. The van der Waals surface area contributed by atoms with E-state index < -0.39 is 5.60 Å². The molecule has 0 spiro atoms. The molecular formula is C14H24N4O2. The second-order valence-electron chi connectivity index (χ2n) is 5.24. The van der Waals surface area contributed by atoms with Gasteiger partial charge in [0.2, 0.25) is 0 Å². The van der Waals surface area contributed by atoms with Gasteiger partial charge in [-0.15, -0.1) is 0 Å². The van der Waals surface area contributed by atoms with Crippen molar-refractivity contribution in [3.63, 3.8) is 0 Å². The van der Waals surface area contributed by atoms with Crippen LogP contribution in [0, 0.1) is 0 Å². The van der Waals surface area contributed by atoms with Gasteiger partial charge in [0.05, 0.1) is 5.60 Å². The largest absolute Gasteiger partial charge is 0.388 e. The number of anilines is 2. The molecule has 0 aliphatic carbocycles. The van der Waals surface area contributed by atoms with Crippen LogP contribution in [-0.2, 0) is 11.2 Å². The number of aryl methyl sites for hydroxylation is 1. The molecule has 1 aliphatic heterocycles. The van der Waals surface area contributed by atoms with Crippen molar-refractivity contribution in [3.05, 3.63) is 11.9 Å². The molecular weight excluding hydrogens is 256 g/mol. The Morgan fingerprint density at radius 1 is 1.30 bits per heavy atom. The lowest BCUT2D eigenvalue weighted by Crippen LogP contribution is -2.42. The molecule has 0 amide bonds. The first-order valence-electron chi connectivity index (χ1n) is 7.25. The van der Waals surface area contributed by atoms with E-state index in [2.05, 4.69) is 27.5 Å². The van der Waals surface area contributed by atoms with Gasteiger partial charge in [-0.2, -0.15) is 0 Å². The monoisotopic (exact) mass is 280 g/mol. The van der Waals surface area contributed by atoms with Gasteiger partial charge in [-0.3, -0.25) is 0 Å². The molecule has 0 bridgehead atoms. The fraction of sp³-hybridized carbons (Fsp3) is 0.714. The average Bonchev–Trinajstić information content (AvgIpc) is 2.46. The topological polar surface area (TPSA) is 79.3 Å². The van der Waals surface area contributed by atoms with Crippen molar-refractivity contribution in [3.8, 4) is 0 Å². The Bertz CT molecular complexity index is 433. The standard InChI is InChI=1S/C14H24N4O2/c1-3-4-11-17-12(15-2)9-13(18-11)16-10-14(19)5-7-20-8-6-14/h9,19H,3-8,10H2,1-2H3,(H2,15,16,17,18). The summed E-state index contributed by atoms with van der Waals surface area (Å²) >= 11 is 0. The Kier molecular flexibility index (Phi) is 5.14. The lowest BCUT2D eigenvalue weighted by molar-refractivity contribution is -0.0543.